The minimum absolute atomic E-state index is 0.0433. The van der Waals surface area contributed by atoms with Crippen LogP contribution in [0.5, 0.6) is 5.75 Å². The number of hydrogen-bond acceptors (Lipinski definition) is 4. The zero-order valence-corrected chi connectivity index (χ0v) is 19.0. The number of anilines is 2. The highest BCUT2D eigenvalue weighted by Crippen LogP contribution is 2.40. The average Bonchev–Trinajstić information content (AvgIpc) is 3.12. The fourth-order valence-corrected chi connectivity index (χ4v) is 4.58. The number of rotatable bonds is 6. The van der Waals surface area contributed by atoms with Gasteiger partial charge in [-0.25, -0.2) is 9.29 Å². The first-order valence-corrected chi connectivity index (χ1v) is 11.6. The molecule has 2 aliphatic rings. The third-order valence-corrected chi connectivity index (χ3v) is 6.15. The number of nitrogens with zero attached hydrogens (tertiary/aromatic N) is 2. The van der Waals surface area contributed by atoms with Gasteiger partial charge in [-0.05, 0) is 60.7 Å². The standard InChI is InChI=1S/C28H25FN2O3/c1-2-18-34-21-15-13-20(14-16-21)25-26(30-17-7-9-19-8-3-5-11-23(19)30)28(33)31(27(25)32)24-12-6-4-10-22(24)29/h3-6,8,10-16H,2,7,9,17-18H2,1H3. The van der Waals surface area contributed by atoms with E-state index < -0.39 is 17.6 Å². The number of ether oxygens (including phenoxy) is 1. The summed E-state index contributed by atoms with van der Waals surface area (Å²) in [5.41, 5.74) is 3.13. The molecule has 0 unspecified atom stereocenters. The Bertz CT molecular complexity index is 1280. The van der Waals surface area contributed by atoms with Gasteiger partial charge in [-0.15, -0.1) is 0 Å². The van der Waals surface area contributed by atoms with Crippen LogP contribution in [-0.2, 0) is 16.0 Å². The molecule has 0 fully saturated rings. The average molecular weight is 457 g/mol. The number of benzene rings is 3. The molecule has 2 aliphatic heterocycles. The zero-order valence-electron chi connectivity index (χ0n) is 19.0. The van der Waals surface area contributed by atoms with Crippen LogP contribution in [0.3, 0.4) is 0 Å². The number of aryl methyl sites for hydroxylation is 1. The van der Waals surface area contributed by atoms with Crippen LogP contribution >= 0.6 is 0 Å². The van der Waals surface area contributed by atoms with Crippen LogP contribution in [-0.4, -0.2) is 25.0 Å². The van der Waals surface area contributed by atoms with Crippen LogP contribution in [0.2, 0.25) is 0 Å². The summed E-state index contributed by atoms with van der Waals surface area (Å²) in [5, 5.41) is 0. The Morgan fingerprint density at radius 2 is 1.59 bits per heavy atom. The van der Waals surface area contributed by atoms with Crippen LogP contribution in [0.25, 0.3) is 5.57 Å². The van der Waals surface area contributed by atoms with E-state index in [-0.39, 0.29) is 17.0 Å². The summed E-state index contributed by atoms with van der Waals surface area (Å²) in [6, 6.07) is 20.9. The van der Waals surface area contributed by atoms with E-state index in [1.165, 1.54) is 18.2 Å². The second-order valence-electron chi connectivity index (χ2n) is 8.38. The van der Waals surface area contributed by atoms with E-state index in [1.807, 2.05) is 36.1 Å². The molecule has 0 aromatic heterocycles. The van der Waals surface area contributed by atoms with Crippen molar-refractivity contribution in [2.75, 3.05) is 23.0 Å². The van der Waals surface area contributed by atoms with Gasteiger partial charge in [-0.2, -0.15) is 0 Å². The predicted molar refractivity (Wildman–Crippen MR) is 130 cm³/mol. The third kappa shape index (κ3) is 3.75. The van der Waals surface area contributed by atoms with Crippen LogP contribution in [0.4, 0.5) is 15.8 Å². The maximum atomic E-state index is 14.7. The molecule has 0 N–H and O–H groups in total. The van der Waals surface area contributed by atoms with Gasteiger partial charge in [-0.1, -0.05) is 49.4 Å². The maximum absolute atomic E-state index is 14.7. The molecular formula is C28H25FN2O3. The normalized spacial score (nSPS) is 15.7. The van der Waals surface area contributed by atoms with E-state index in [9.17, 15) is 14.0 Å². The lowest BCUT2D eigenvalue weighted by Crippen LogP contribution is -2.37. The van der Waals surface area contributed by atoms with Gasteiger partial charge in [0.25, 0.3) is 11.8 Å². The first-order valence-electron chi connectivity index (χ1n) is 11.6. The molecule has 3 aromatic rings. The lowest BCUT2D eigenvalue weighted by Gasteiger charge is -2.32. The quantitative estimate of drug-likeness (QED) is 0.469. The van der Waals surface area contributed by atoms with Crippen molar-refractivity contribution in [3.63, 3.8) is 0 Å². The minimum atomic E-state index is -0.618. The molecule has 0 radical (unpaired) electrons. The fourth-order valence-electron chi connectivity index (χ4n) is 4.58. The van der Waals surface area contributed by atoms with E-state index in [4.69, 9.17) is 4.74 Å². The minimum Gasteiger partial charge on any atom is -0.494 e. The van der Waals surface area contributed by atoms with Gasteiger partial charge in [0.2, 0.25) is 0 Å². The second kappa shape index (κ2) is 9.14. The van der Waals surface area contributed by atoms with Gasteiger partial charge >= 0.3 is 0 Å². The molecule has 172 valence electrons. The molecule has 2 heterocycles. The van der Waals surface area contributed by atoms with Gasteiger partial charge < -0.3 is 9.64 Å². The van der Waals surface area contributed by atoms with E-state index in [0.717, 1.165) is 35.4 Å². The van der Waals surface area contributed by atoms with Crippen molar-refractivity contribution in [3.8, 4) is 5.75 Å². The fraction of sp³-hybridized carbons (Fsp3) is 0.214. The summed E-state index contributed by atoms with van der Waals surface area (Å²) in [6.07, 6.45) is 2.63. The highest BCUT2D eigenvalue weighted by atomic mass is 19.1. The summed E-state index contributed by atoms with van der Waals surface area (Å²) in [6.45, 7) is 3.22. The number of imide groups is 1. The van der Waals surface area contributed by atoms with Gasteiger partial charge in [0, 0.05) is 12.2 Å². The molecule has 0 saturated carbocycles. The second-order valence-corrected chi connectivity index (χ2v) is 8.38. The molecule has 34 heavy (non-hydrogen) atoms. The first kappa shape index (κ1) is 21.9. The van der Waals surface area contributed by atoms with E-state index in [0.29, 0.717) is 24.5 Å². The van der Waals surface area contributed by atoms with Crippen molar-refractivity contribution in [3.05, 3.63) is 95.4 Å². The molecule has 2 amide bonds. The summed E-state index contributed by atoms with van der Waals surface area (Å²) in [7, 11) is 0. The molecule has 5 rings (SSSR count). The van der Waals surface area contributed by atoms with Crippen molar-refractivity contribution in [2.24, 2.45) is 0 Å². The number of amides is 2. The molecular weight excluding hydrogens is 431 g/mol. The molecule has 3 aromatic carbocycles. The number of carbonyl (C=O) groups excluding carboxylic acids is 2. The molecule has 0 atom stereocenters. The molecule has 5 nitrogen and oxygen atoms in total. The number of fused-ring (bicyclic) bond motifs is 1. The van der Waals surface area contributed by atoms with Crippen LogP contribution in [0.15, 0.2) is 78.5 Å². The van der Waals surface area contributed by atoms with Gasteiger partial charge in [0.15, 0.2) is 0 Å². The van der Waals surface area contributed by atoms with Gasteiger partial charge in [-0.3, -0.25) is 9.59 Å². The Kier molecular flexibility index (Phi) is 5.88. The molecule has 0 spiro atoms. The summed E-state index contributed by atoms with van der Waals surface area (Å²) in [5.74, 6) is -0.977. The molecule has 6 heteroatoms. The van der Waals surface area contributed by atoms with Crippen LogP contribution in [0.1, 0.15) is 30.9 Å². The Hall–Kier alpha value is -3.93. The van der Waals surface area contributed by atoms with Crippen LogP contribution < -0.4 is 14.5 Å². The lowest BCUT2D eigenvalue weighted by atomic mass is 9.98. The zero-order chi connectivity index (χ0) is 23.7. The lowest BCUT2D eigenvalue weighted by molar-refractivity contribution is -0.120. The highest BCUT2D eigenvalue weighted by Gasteiger charge is 2.44. The summed E-state index contributed by atoms with van der Waals surface area (Å²) < 4.78 is 20.4. The number of hydrogen-bond donors (Lipinski definition) is 0. The van der Waals surface area contributed by atoms with Crippen molar-refractivity contribution in [1.82, 2.24) is 0 Å². The molecule has 0 aliphatic carbocycles. The SMILES string of the molecule is CCCOc1ccc(C2=C(N3CCCc4ccccc43)C(=O)N(c3ccccc3F)C2=O)cc1. The van der Waals surface area contributed by atoms with Crippen LogP contribution in [0, 0.1) is 5.82 Å². The van der Waals surface area contributed by atoms with E-state index in [2.05, 4.69) is 0 Å². The van der Waals surface area contributed by atoms with Gasteiger partial charge in [0.05, 0.1) is 17.9 Å². The van der Waals surface area contributed by atoms with E-state index in [1.54, 1.807) is 30.3 Å². The number of halogens is 1. The molecule has 0 saturated heterocycles. The van der Waals surface area contributed by atoms with Crippen molar-refractivity contribution in [1.29, 1.82) is 0 Å². The van der Waals surface area contributed by atoms with E-state index >= 15 is 0 Å². The highest BCUT2D eigenvalue weighted by molar-refractivity contribution is 6.46. The number of para-hydroxylation sites is 2. The summed E-state index contributed by atoms with van der Waals surface area (Å²) in [4.78, 5) is 30.4. The Balaban J connectivity index is 1.65. The smallest absolute Gasteiger partial charge is 0.282 e. The Labute approximate surface area is 198 Å². The summed E-state index contributed by atoms with van der Waals surface area (Å²) >= 11 is 0. The predicted octanol–water partition coefficient (Wildman–Crippen LogP) is 5.35. The topological polar surface area (TPSA) is 49.9 Å². The third-order valence-electron chi connectivity index (χ3n) is 6.15. The first-order chi connectivity index (χ1) is 16.6. The van der Waals surface area contributed by atoms with Crippen molar-refractivity contribution in [2.45, 2.75) is 26.2 Å². The maximum Gasteiger partial charge on any atom is 0.282 e. The Morgan fingerprint density at radius 1 is 0.882 bits per heavy atom. The largest absolute Gasteiger partial charge is 0.494 e. The monoisotopic (exact) mass is 456 g/mol. The number of carbonyl (C=O) groups is 2. The van der Waals surface area contributed by atoms with Crippen molar-refractivity contribution >= 4 is 28.8 Å². The van der Waals surface area contributed by atoms with Gasteiger partial charge in [0.1, 0.15) is 17.3 Å². The Morgan fingerprint density at radius 3 is 2.32 bits per heavy atom. The molecule has 0 bridgehead atoms. The van der Waals surface area contributed by atoms with Crippen molar-refractivity contribution < 1.29 is 18.7 Å².